The van der Waals surface area contributed by atoms with Crippen LogP contribution < -0.4 is 10.6 Å². The number of Topliss-reactive ketones (excluding diaryl/α,β-unsaturated/α-hetero) is 1. The van der Waals surface area contributed by atoms with Crippen molar-refractivity contribution in [1.82, 2.24) is 10.6 Å². The molecule has 1 rings (SSSR count). The summed E-state index contributed by atoms with van der Waals surface area (Å²) in [4.78, 5) is 46.7. The van der Waals surface area contributed by atoms with Gasteiger partial charge in [-0.05, 0) is 57.6 Å². The minimum atomic E-state index is -1.15. The summed E-state index contributed by atoms with van der Waals surface area (Å²) in [5, 5.41) is 24.4. The summed E-state index contributed by atoms with van der Waals surface area (Å²) in [6, 6.07) is -0.754. The van der Waals surface area contributed by atoms with Gasteiger partial charge < -0.3 is 15.5 Å². The zero-order valence-electron chi connectivity index (χ0n) is 20.0. The van der Waals surface area contributed by atoms with E-state index < -0.39 is 28.9 Å². The van der Waals surface area contributed by atoms with Crippen LogP contribution in [0.25, 0.3) is 0 Å². The van der Waals surface area contributed by atoms with Gasteiger partial charge in [-0.2, -0.15) is 11.8 Å². The van der Waals surface area contributed by atoms with Gasteiger partial charge >= 0.3 is 11.9 Å². The third-order valence-corrected chi connectivity index (χ3v) is 7.22. The zero-order valence-corrected chi connectivity index (χ0v) is 20.9. The molecule has 32 heavy (non-hydrogen) atoms. The number of hydrogen-bond acceptors (Lipinski definition) is 6. The van der Waals surface area contributed by atoms with Crippen LogP contribution in [-0.4, -0.2) is 56.9 Å². The van der Waals surface area contributed by atoms with E-state index in [1.165, 1.54) is 24.8 Å². The molecule has 0 bridgehead atoms. The van der Waals surface area contributed by atoms with Gasteiger partial charge in [-0.25, -0.2) is 4.79 Å². The van der Waals surface area contributed by atoms with E-state index >= 15 is 0 Å². The lowest BCUT2D eigenvalue weighted by molar-refractivity contribution is -0.139. The first-order valence-electron chi connectivity index (χ1n) is 10.9. The number of carboxylic acids is 2. The molecule has 9 heteroatoms. The van der Waals surface area contributed by atoms with Gasteiger partial charge in [-0.1, -0.05) is 26.8 Å². The second-order valence-electron chi connectivity index (χ2n) is 10.1. The molecule has 0 aromatic heterocycles. The van der Waals surface area contributed by atoms with E-state index in [0.717, 1.165) is 25.0 Å². The molecule has 0 saturated heterocycles. The molecule has 1 fully saturated rings. The Labute approximate surface area is 195 Å². The zero-order chi connectivity index (χ0) is 24.7. The highest BCUT2D eigenvalue weighted by atomic mass is 32.2. The van der Waals surface area contributed by atoms with Crippen molar-refractivity contribution in [2.45, 2.75) is 85.2 Å². The molecule has 182 valence electrons. The highest BCUT2D eigenvalue weighted by Gasteiger charge is 2.62. The number of carbonyl (C=O) groups is 4. The Morgan fingerprint density at radius 2 is 1.72 bits per heavy atom. The fraction of sp³-hybridized carbons (Fsp3) is 0.739. The number of nitrogens with one attached hydrogen (secondary N) is 2. The molecule has 2 atom stereocenters. The summed E-state index contributed by atoms with van der Waals surface area (Å²) < 4.78 is 0. The van der Waals surface area contributed by atoms with Crippen LogP contribution in [0.15, 0.2) is 11.8 Å². The molecular weight excluding hydrogens is 432 g/mol. The first-order chi connectivity index (χ1) is 14.6. The van der Waals surface area contributed by atoms with Crippen LogP contribution in [0.5, 0.6) is 0 Å². The summed E-state index contributed by atoms with van der Waals surface area (Å²) in [5.41, 5.74) is -1.34. The van der Waals surface area contributed by atoms with Crippen LogP contribution in [0.1, 0.15) is 73.6 Å². The molecule has 1 saturated carbocycles. The molecule has 0 aromatic rings. The van der Waals surface area contributed by atoms with Crippen molar-refractivity contribution in [3.05, 3.63) is 11.8 Å². The molecule has 0 unspecified atom stereocenters. The van der Waals surface area contributed by atoms with Crippen molar-refractivity contribution < 1.29 is 29.4 Å². The van der Waals surface area contributed by atoms with E-state index in [1.54, 1.807) is 0 Å². The largest absolute Gasteiger partial charge is 0.480 e. The summed E-state index contributed by atoms with van der Waals surface area (Å²) >= 11 is 1.50. The highest BCUT2D eigenvalue weighted by molar-refractivity contribution is 7.99. The van der Waals surface area contributed by atoms with Crippen molar-refractivity contribution >= 4 is 35.4 Å². The lowest BCUT2D eigenvalue weighted by Crippen LogP contribution is -2.51. The van der Waals surface area contributed by atoms with Crippen molar-refractivity contribution in [1.29, 1.82) is 0 Å². The molecule has 0 aromatic carbocycles. The summed E-state index contributed by atoms with van der Waals surface area (Å²) in [7, 11) is 0. The lowest BCUT2D eigenvalue weighted by atomic mass is 9.97. The quantitative estimate of drug-likeness (QED) is 0.212. The topological polar surface area (TPSA) is 133 Å². The fourth-order valence-electron chi connectivity index (χ4n) is 3.80. The van der Waals surface area contributed by atoms with E-state index in [0.29, 0.717) is 12.2 Å². The van der Waals surface area contributed by atoms with Crippen molar-refractivity contribution in [3.8, 4) is 0 Å². The number of thioether (sulfide) groups is 1. The Balaban J connectivity index is 2.40. The maximum absolute atomic E-state index is 12.4. The summed E-state index contributed by atoms with van der Waals surface area (Å²) in [6.45, 7) is 10.9. The first-order valence-corrected chi connectivity index (χ1v) is 12.1. The summed E-state index contributed by atoms with van der Waals surface area (Å²) in [5.74, 6) is -1.26. The standard InChI is InChI=1S/C23H38N2O6S/c1-15(26)12-22(4,5)25-17(19(29)30)13-32-11-9-7-8-10-16(18(27)28)24-20(31)23(6)14-21(23,2)3/h10,17,25H,7-9,11-14H2,1-6H3,(H,24,31)(H,27,28)(H,29,30)/b16-10-/t17-,23+/m0/s1. The third kappa shape index (κ3) is 8.58. The Hall–Kier alpha value is -1.87. The van der Waals surface area contributed by atoms with E-state index in [2.05, 4.69) is 10.6 Å². The molecule has 4 N–H and O–H groups in total. The second-order valence-corrected chi connectivity index (χ2v) is 11.3. The third-order valence-electron chi connectivity index (χ3n) is 6.07. The minimum absolute atomic E-state index is 0.000726. The van der Waals surface area contributed by atoms with Crippen LogP contribution in [0.2, 0.25) is 0 Å². The monoisotopic (exact) mass is 470 g/mol. The van der Waals surface area contributed by atoms with Crippen LogP contribution in [0.3, 0.4) is 0 Å². The van der Waals surface area contributed by atoms with Gasteiger partial charge in [-0.15, -0.1) is 0 Å². The van der Waals surface area contributed by atoms with Crippen LogP contribution >= 0.6 is 11.8 Å². The number of carboxylic acid groups (broad SMARTS) is 2. The van der Waals surface area contributed by atoms with Gasteiger partial charge in [0.05, 0.1) is 5.41 Å². The fourth-order valence-corrected chi connectivity index (χ4v) is 4.83. The number of hydrogen-bond donors (Lipinski definition) is 4. The van der Waals surface area contributed by atoms with Gasteiger partial charge in [0.1, 0.15) is 17.5 Å². The number of carbonyl (C=O) groups excluding carboxylic acids is 2. The number of amides is 1. The van der Waals surface area contributed by atoms with Crippen LogP contribution in [-0.2, 0) is 19.2 Å². The average Bonchev–Trinajstić information content (AvgIpc) is 3.16. The molecule has 0 heterocycles. The average molecular weight is 471 g/mol. The second kappa shape index (κ2) is 11.3. The van der Waals surface area contributed by atoms with Gasteiger partial charge in [0.15, 0.2) is 0 Å². The molecule has 0 aliphatic heterocycles. The van der Waals surface area contributed by atoms with E-state index in [1.807, 2.05) is 34.6 Å². The Morgan fingerprint density at radius 1 is 1.12 bits per heavy atom. The predicted molar refractivity (Wildman–Crippen MR) is 125 cm³/mol. The highest BCUT2D eigenvalue weighted by Crippen LogP contribution is 2.63. The molecule has 0 radical (unpaired) electrons. The maximum Gasteiger partial charge on any atom is 0.352 e. The predicted octanol–water partition coefficient (Wildman–Crippen LogP) is 3.21. The molecular formula is C23H38N2O6S. The van der Waals surface area contributed by atoms with Gasteiger partial charge in [0, 0.05) is 17.7 Å². The van der Waals surface area contributed by atoms with Crippen LogP contribution in [0, 0.1) is 10.8 Å². The molecule has 1 aliphatic rings. The Morgan fingerprint density at radius 3 is 2.19 bits per heavy atom. The van der Waals surface area contributed by atoms with Gasteiger partial charge in [-0.3, -0.25) is 19.7 Å². The number of allylic oxidation sites excluding steroid dienone is 1. The first kappa shape index (κ1) is 28.2. The van der Waals surface area contributed by atoms with Crippen molar-refractivity contribution in [3.63, 3.8) is 0 Å². The minimum Gasteiger partial charge on any atom is -0.480 e. The number of aliphatic carboxylic acids is 2. The van der Waals surface area contributed by atoms with Gasteiger partial charge in [0.2, 0.25) is 5.91 Å². The molecule has 1 aliphatic carbocycles. The lowest BCUT2D eigenvalue weighted by Gasteiger charge is -2.29. The summed E-state index contributed by atoms with van der Waals surface area (Å²) in [6.07, 6.45) is 4.55. The number of unbranched alkanes of at least 4 members (excludes halogenated alkanes) is 2. The molecule has 1 amide bonds. The molecule has 0 spiro atoms. The van der Waals surface area contributed by atoms with Crippen molar-refractivity contribution in [2.75, 3.05) is 11.5 Å². The maximum atomic E-state index is 12.4. The van der Waals surface area contributed by atoms with Gasteiger partial charge in [0.25, 0.3) is 0 Å². The van der Waals surface area contributed by atoms with Crippen molar-refractivity contribution in [2.24, 2.45) is 10.8 Å². The van der Waals surface area contributed by atoms with Crippen LogP contribution in [0.4, 0.5) is 0 Å². The van der Waals surface area contributed by atoms with E-state index in [-0.39, 0.29) is 29.2 Å². The SMILES string of the molecule is CC(=O)CC(C)(C)N[C@@H](CSCCCC/C=C(\NC(=O)[C@@]1(C)CC1(C)C)C(=O)O)C(=O)O. The van der Waals surface area contributed by atoms with E-state index in [9.17, 15) is 29.4 Å². The smallest absolute Gasteiger partial charge is 0.352 e. The Bertz CT molecular complexity index is 762. The normalized spacial score (nSPS) is 21.0. The van der Waals surface area contributed by atoms with E-state index in [4.69, 9.17) is 0 Å². The number of rotatable bonds is 15. The molecule has 8 nitrogen and oxygen atoms in total. The Kier molecular flexibility index (Phi) is 9.96. The number of ketones is 1.